The molecule has 1 N–H and O–H groups in total. The molecule has 0 saturated carbocycles. The van der Waals surface area contributed by atoms with E-state index in [9.17, 15) is 4.39 Å². The molecule has 5 heteroatoms. The van der Waals surface area contributed by atoms with Crippen molar-refractivity contribution >= 4 is 23.3 Å². The van der Waals surface area contributed by atoms with Crippen molar-refractivity contribution in [3.8, 4) is 0 Å². The van der Waals surface area contributed by atoms with Gasteiger partial charge in [-0.2, -0.15) is 4.39 Å². The molecule has 2 rings (SSSR count). The lowest BCUT2D eigenvalue weighted by Gasteiger charge is -2.06. The maximum Gasteiger partial charge on any atom is 0.218 e. The van der Waals surface area contributed by atoms with Crippen molar-refractivity contribution in [2.24, 2.45) is 0 Å². The number of aromatic nitrogens is 2. The van der Waals surface area contributed by atoms with Crippen LogP contribution < -0.4 is 5.32 Å². The fraction of sp³-hybridized carbons (Fsp3) is 0.0909. The molecule has 0 fully saturated rings. The molecule has 0 saturated heterocycles. The van der Waals surface area contributed by atoms with Crippen molar-refractivity contribution in [2.75, 3.05) is 11.6 Å². The largest absolute Gasteiger partial charge is 0.340 e. The summed E-state index contributed by atoms with van der Waals surface area (Å²) < 4.78 is 12.8. The molecule has 0 unspecified atom stereocenters. The molecule has 0 bridgehead atoms. The number of anilines is 2. The van der Waals surface area contributed by atoms with E-state index in [-0.39, 0.29) is 0 Å². The van der Waals surface area contributed by atoms with E-state index in [1.165, 1.54) is 12.4 Å². The second kappa shape index (κ2) is 4.94. The van der Waals surface area contributed by atoms with Crippen LogP contribution in [0.2, 0.25) is 0 Å². The summed E-state index contributed by atoms with van der Waals surface area (Å²) in [6, 6.07) is 9.08. The number of hydrogen-bond donors (Lipinski definition) is 1. The molecule has 0 spiro atoms. The maximum atomic E-state index is 12.8. The number of hydrogen-bond acceptors (Lipinski definition) is 4. The molecule has 0 aliphatic heterocycles. The Bertz CT molecular complexity index is 490. The summed E-state index contributed by atoms with van der Waals surface area (Å²) in [5, 5.41) is 3.02. The minimum absolute atomic E-state index is 0.450. The van der Waals surface area contributed by atoms with E-state index in [1.54, 1.807) is 11.8 Å². The molecule has 2 aromatic rings. The highest BCUT2D eigenvalue weighted by atomic mass is 32.2. The van der Waals surface area contributed by atoms with Crippen LogP contribution in [0.25, 0.3) is 0 Å². The van der Waals surface area contributed by atoms with Crippen molar-refractivity contribution in [1.29, 1.82) is 0 Å². The SMILES string of the molecule is CSc1cccc(Nc2cc(F)ncn2)c1. The van der Waals surface area contributed by atoms with E-state index in [1.807, 2.05) is 30.5 Å². The molecule has 82 valence electrons. The number of benzene rings is 1. The van der Waals surface area contributed by atoms with E-state index in [0.717, 1.165) is 10.6 Å². The van der Waals surface area contributed by atoms with Gasteiger partial charge in [-0.15, -0.1) is 11.8 Å². The quantitative estimate of drug-likeness (QED) is 0.655. The molecule has 1 heterocycles. The molecular weight excluding hydrogens is 225 g/mol. The zero-order chi connectivity index (χ0) is 11.4. The Hall–Kier alpha value is -1.62. The van der Waals surface area contributed by atoms with Crippen molar-refractivity contribution in [3.63, 3.8) is 0 Å². The highest BCUT2D eigenvalue weighted by molar-refractivity contribution is 7.98. The summed E-state index contributed by atoms with van der Waals surface area (Å²) in [5.74, 6) is -0.0933. The van der Waals surface area contributed by atoms with Gasteiger partial charge >= 0.3 is 0 Å². The molecule has 0 amide bonds. The van der Waals surface area contributed by atoms with Crippen LogP contribution in [0.1, 0.15) is 0 Å². The van der Waals surface area contributed by atoms with Crippen molar-refractivity contribution in [1.82, 2.24) is 9.97 Å². The van der Waals surface area contributed by atoms with Crippen LogP contribution in [0.4, 0.5) is 15.9 Å². The van der Waals surface area contributed by atoms with Gasteiger partial charge in [0, 0.05) is 16.6 Å². The molecular formula is C11H10FN3S. The highest BCUT2D eigenvalue weighted by Gasteiger charge is 1.99. The summed E-state index contributed by atoms with van der Waals surface area (Å²) in [5.41, 5.74) is 0.880. The van der Waals surface area contributed by atoms with Gasteiger partial charge in [0.2, 0.25) is 5.95 Å². The van der Waals surface area contributed by atoms with Gasteiger partial charge in [0.1, 0.15) is 12.1 Å². The van der Waals surface area contributed by atoms with Crippen LogP contribution in [0.15, 0.2) is 41.6 Å². The van der Waals surface area contributed by atoms with E-state index >= 15 is 0 Å². The Kier molecular flexibility index (Phi) is 3.36. The average molecular weight is 235 g/mol. The summed E-state index contributed by atoms with van der Waals surface area (Å²) in [4.78, 5) is 8.45. The summed E-state index contributed by atoms with van der Waals surface area (Å²) in [6.45, 7) is 0. The Morgan fingerprint density at radius 1 is 1.25 bits per heavy atom. The topological polar surface area (TPSA) is 37.8 Å². The van der Waals surface area contributed by atoms with Gasteiger partial charge in [-0.05, 0) is 24.5 Å². The van der Waals surface area contributed by atoms with E-state index < -0.39 is 5.95 Å². The molecule has 3 nitrogen and oxygen atoms in total. The normalized spacial score (nSPS) is 10.1. The number of thioether (sulfide) groups is 1. The lowest BCUT2D eigenvalue weighted by molar-refractivity contribution is 0.580. The Labute approximate surface area is 97.1 Å². The van der Waals surface area contributed by atoms with Crippen LogP contribution >= 0.6 is 11.8 Å². The minimum atomic E-state index is -0.543. The van der Waals surface area contributed by atoms with E-state index in [2.05, 4.69) is 15.3 Å². The monoisotopic (exact) mass is 235 g/mol. The van der Waals surface area contributed by atoms with Gasteiger partial charge in [-0.3, -0.25) is 0 Å². The van der Waals surface area contributed by atoms with Gasteiger partial charge < -0.3 is 5.32 Å². The third-order valence-electron chi connectivity index (χ3n) is 1.98. The molecule has 0 aliphatic carbocycles. The molecule has 1 aromatic heterocycles. The van der Waals surface area contributed by atoms with Crippen LogP contribution in [-0.2, 0) is 0 Å². The first kappa shape index (κ1) is 10.9. The number of nitrogens with one attached hydrogen (secondary N) is 1. The lowest BCUT2D eigenvalue weighted by atomic mass is 10.3. The zero-order valence-electron chi connectivity index (χ0n) is 8.64. The van der Waals surface area contributed by atoms with E-state index in [0.29, 0.717) is 5.82 Å². The zero-order valence-corrected chi connectivity index (χ0v) is 9.46. The van der Waals surface area contributed by atoms with Gasteiger partial charge in [-0.25, -0.2) is 9.97 Å². The van der Waals surface area contributed by atoms with Gasteiger partial charge in [0.05, 0.1) is 0 Å². The Morgan fingerprint density at radius 2 is 2.12 bits per heavy atom. The summed E-state index contributed by atoms with van der Waals surface area (Å²) in [6.07, 6.45) is 3.19. The number of nitrogens with zero attached hydrogens (tertiary/aromatic N) is 2. The first-order valence-electron chi connectivity index (χ1n) is 4.66. The molecule has 1 aromatic carbocycles. The van der Waals surface area contributed by atoms with Crippen LogP contribution in [0.5, 0.6) is 0 Å². The third kappa shape index (κ3) is 2.70. The molecule has 0 atom stereocenters. The van der Waals surface area contributed by atoms with Crippen LogP contribution in [0, 0.1) is 5.95 Å². The number of rotatable bonds is 3. The van der Waals surface area contributed by atoms with Crippen molar-refractivity contribution in [2.45, 2.75) is 4.90 Å². The molecule has 0 radical (unpaired) electrons. The van der Waals surface area contributed by atoms with E-state index in [4.69, 9.17) is 0 Å². The standard InChI is InChI=1S/C11H10FN3S/c1-16-9-4-2-3-8(5-9)15-11-6-10(12)13-7-14-11/h2-7H,1H3,(H,13,14,15). The van der Waals surface area contributed by atoms with Crippen LogP contribution in [0.3, 0.4) is 0 Å². The third-order valence-corrected chi connectivity index (χ3v) is 2.70. The maximum absolute atomic E-state index is 12.8. The summed E-state index contributed by atoms with van der Waals surface area (Å²) in [7, 11) is 0. The number of halogens is 1. The average Bonchev–Trinajstić information content (AvgIpc) is 2.29. The predicted molar refractivity (Wildman–Crippen MR) is 63.5 cm³/mol. The van der Waals surface area contributed by atoms with Gasteiger partial charge in [-0.1, -0.05) is 6.07 Å². The van der Waals surface area contributed by atoms with Crippen molar-refractivity contribution < 1.29 is 4.39 Å². The minimum Gasteiger partial charge on any atom is -0.340 e. The Balaban J connectivity index is 2.20. The smallest absolute Gasteiger partial charge is 0.218 e. The fourth-order valence-electron chi connectivity index (χ4n) is 1.25. The highest BCUT2D eigenvalue weighted by Crippen LogP contribution is 2.21. The van der Waals surface area contributed by atoms with Gasteiger partial charge in [0.15, 0.2) is 0 Å². The molecule has 16 heavy (non-hydrogen) atoms. The second-order valence-corrected chi connectivity index (χ2v) is 3.96. The summed E-state index contributed by atoms with van der Waals surface area (Å²) >= 11 is 1.65. The first-order valence-corrected chi connectivity index (χ1v) is 5.89. The first-order chi connectivity index (χ1) is 7.78. The van der Waals surface area contributed by atoms with Crippen LogP contribution in [-0.4, -0.2) is 16.2 Å². The fourth-order valence-corrected chi connectivity index (χ4v) is 1.71. The molecule has 0 aliphatic rings. The van der Waals surface area contributed by atoms with Crippen molar-refractivity contribution in [3.05, 3.63) is 42.6 Å². The lowest BCUT2D eigenvalue weighted by Crippen LogP contribution is -1.95. The van der Waals surface area contributed by atoms with Gasteiger partial charge in [0.25, 0.3) is 0 Å². The second-order valence-electron chi connectivity index (χ2n) is 3.08. The predicted octanol–water partition coefficient (Wildman–Crippen LogP) is 3.08. The Morgan fingerprint density at radius 3 is 2.88 bits per heavy atom.